The molecule has 674 valence electrons. The van der Waals surface area contributed by atoms with Crippen LogP contribution in [0, 0.1) is 5.92 Å². The first kappa shape index (κ1) is 108. The Morgan fingerprint density at radius 2 is 0.647 bits per heavy atom. The van der Waals surface area contributed by atoms with Crippen LogP contribution in [-0.2, 0) is 91.1 Å². The van der Waals surface area contributed by atoms with Gasteiger partial charge in [-0.25, -0.2) is 4.79 Å². The minimum Gasteiger partial charge on any atom is -0.481 e. The number of rotatable bonds is 59. The zero-order chi connectivity index (χ0) is 91.3. The zero-order valence-corrected chi connectivity index (χ0v) is 67.9. The molecular formula is C67H119N25O26S. The van der Waals surface area contributed by atoms with Gasteiger partial charge in [0.15, 0.2) is 11.9 Å². The van der Waals surface area contributed by atoms with E-state index in [4.69, 9.17) is 51.0 Å². The largest absolute Gasteiger partial charge is 0.481 e. The molecule has 0 aromatic heterocycles. The van der Waals surface area contributed by atoms with Crippen molar-refractivity contribution >= 4 is 137 Å². The highest BCUT2D eigenvalue weighted by molar-refractivity contribution is 7.80. The number of aliphatic hydroxyl groups is 5. The van der Waals surface area contributed by atoms with Gasteiger partial charge in [-0.3, -0.25) is 96.3 Å². The Kier molecular flexibility index (Phi) is 50.6. The SMILES string of the molecule is CC(C)C[C@H](NC(=O)[C@H](CO)NC(=O)[C@H](C)NC(=O)[C@H](CCCN=C(N)N)NC(=O)[C@@H](N)CCCN=C(N)N)C(=O)N[C@@H](CCC(N)=O)C(=O)N[C@@H](CS)C(=O)N[C@@H](CCCCN)C(=O)N[C@@H](CCC(N)=O)C(=O)N[C@H](C(=O)N[C@H](C(=O)N[C@@H](C)C(=O)N[C@@H](CO)C(=O)N[C@@H](C)C(=O)N[C@@H](CC(=O)O)C(=O)N[C@@H](CO)C(=O)O)[C@@H](C)O)[C@@H](C)O. The van der Waals surface area contributed by atoms with Gasteiger partial charge < -0.3 is 161 Å². The molecule has 0 fully saturated rings. The Morgan fingerprint density at radius 1 is 0.345 bits per heavy atom. The number of unbranched alkanes of at least 4 members (excludes halogenated alkanes) is 1. The van der Waals surface area contributed by atoms with Crippen LogP contribution in [0.4, 0.5) is 0 Å². The minimum atomic E-state index is -2.08. The lowest BCUT2D eigenvalue weighted by molar-refractivity contribution is -0.144. The highest BCUT2D eigenvalue weighted by Gasteiger charge is 2.40. The third-order valence-electron chi connectivity index (χ3n) is 17.1. The third-order valence-corrected chi connectivity index (χ3v) is 17.4. The number of hydrogen-bond donors (Lipinski definition) is 31. The molecule has 52 heteroatoms. The monoisotopic (exact) mass is 1720 g/mol. The number of carboxylic acids is 2. The molecule has 0 bridgehead atoms. The Hall–Kier alpha value is -11.5. The molecule has 0 aliphatic rings. The molecule has 51 nitrogen and oxygen atoms in total. The summed E-state index contributed by atoms with van der Waals surface area (Å²) in [6.07, 6.45) is -6.75. The first-order valence-corrected chi connectivity index (χ1v) is 38.2. The number of hydrogen-bond acceptors (Lipinski definition) is 29. The van der Waals surface area contributed by atoms with Gasteiger partial charge in [-0.1, -0.05) is 13.8 Å². The summed E-state index contributed by atoms with van der Waals surface area (Å²) in [6.45, 7) is 5.42. The zero-order valence-electron chi connectivity index (χ0n) is 67.0. The van der Waals surface area contributed by atoms with E-state index in [1.165, 1.54) is 6.92 Å². The maximum Gasteiger partial charge on any atom is 0.328 e. The molecule has 0 radical (unpaired) electrons. The van der Waals surface area contributed by atoms with Gasteiger partial charge in [0.2, 0.25) is 100 Å². The van der Waals surface area contributed by atoms with Crippen molar-refractivity contribution in [1.29, 1.82) is 0 Å². The van der Waals surface area contributed by atoms with Crippen molar-refractivity contribution in [3.05, 3.63) is 0 Å². The van der Waals surface area contributed by atoms with Crippen LogP contribution in [0.3, 0.4) is 0 Å². The molecule has 38 N–H and O–H groups in total. The van der Waals surface area contributed by atoms with E-state index in [0.29, 0.717) is 6.42 Å². The molecule has 0 aromatic carbocycles. The number of primary amides is 2. The summed E-state index contributed by atoms with van der Waals surface area (Å²) in [5.41, 5.74) is 44.1. The molecule has 0 aromatic rings. The summed E-state index contributed by atoms with van der Waals surface area (Å²) in [5.74, 6) is -24.1. The van der Waals surface area contributed by atoms with E-state index in [-0.39, 0.29) is 76.5 Å². The lowest BCUT2D eigenvalue weighted by atomic mass is 10.0. The number of aliphatic imine (C=N–C) groups is 2. The second kappa shape index (κ2) is 56.0. The van der Waals surface area contributed by atoms with Gasteiger partial charge in [-0.05, 0) is 111 Å². The number of guanidine groups is 2. The average molecular weight is 1720 g/mol. The molecule has 0 saturated heterocycles. The van der Waals surface area contributed by atoms with E-state index in [9.17, 15) is 122 Å². The second-order valence-corrected chi connectivity index (χ2v) is 28.2. The number of carbonyl (C=O) groups excluding carboxylic acids is 17. The summed E-state index contributed by atoms with van der Waals surface area (Å²) >= 11 is 4.21. The summed E-state index contributed by atoms with van der Waals surface area (Å²) in [7, 11) is 0. The van der Waals surface area contributed by atoms with Crippen molar-refractivity contribution in [2.45, 2.75) is 241 Å². The van der Waals surface area contributed by atoms with Crippen LogP contribution in [0.25, 0.3) is 0 Å². The van der Waals surface area contributed by atoms with Gasteiger partial charge in [0, 0.05) is 31.7 Å². The number of aliphatic carboxylic acids is 2. The van der Waals surface area contributed by atoms with Crippen LogP contribution >= 0.6 is 12.6 Å². The number of carbonyl (C=O) groups is 19. The van der Waals surface area contributed by atoms with Crippen molar-refractivity contribution < 1.29 is 127 Å². The maximum absolute atomic E-state index is 14.3. The van der Waals surface area contributed by atoms with Crippen LogP contribution < -0.4 is 126 Å². The molecular weight excluding hydrogens is 1600 g/mol. The van der Waals surface area contributed by atoms with Crippen LogP contribution in [-0.4, -0.2) is 314 Å². The van der Waals surface area contributed by atoms with Gasteiger partial charge in [0.05, 0.1) is 44.5 Å². The molecule has 119 heavy (non-hydrogen) atoms. The van der Waals surface area contributed by atoms with E-state index >= 15 is 0 Å². The van der Waals surface area contributed by atoms with Gasteiger partial charge in [-0.15, -0.1) is 0 Å². The number of thiol groups is 1. The molecule has 0 aliphatic carbocycles. The van der Waals surface area contributed by atoms with E-state index in [1.54, 1.807) is 13.8 Å². The van der Waals surface area contributed by atoms with E-state index in [2.05, 4.69) is 91.7 Å². The van der Waals surface area contributed by atoms with Crippen molar-refractivity contribution in [1.82, 2.24) is 79.8 Å². The fourth-order valence-corrected chi connectivity index (χ4v) is 10.6. The highest BCUT2D eigenvalue weighted by atomic mass is 32.1. The Morgan fingerprint density at radius 3 is 1.03 bits per heavy atom. The van der Waals surface area contributed by atoms with Crippen LogP contribution in [0.2, 0.25) is 0 Å². The normalized spacial score (nSPS) is 15.6. The number of carboxylic acid groups (broad SMARTS) is 2. The predicted molar refractivity (Wildman–Crippen MR) is 421 cm³/mol. The number of nitrogens with one attached hydrogen (secondary N) is 15. The fraction of sp³-hybridized carbons (Fsp3) is 0.687. The van der Waals surface area contributed by atoms with Crippen LogP contribution in [0.15, 0.2) is 9.98 Å². The molecule has 18 atom stereocenters. The second-order valence-electron chi connectivity index (χ2n) is 27.9. The van der Waals surface area contributed by atoms with E-state index in [0.717, 1.165) is 27.7 Å². The third kappa shape index (κ3) is 42.5. The highest BCUT2D eigenvalue weighted by Crippen LogP contribution is 2.12. The lowest BCUT2D eigenvalue weighted by Crippen LogP contribution is -2.63. The van der Waals surface area contributed by atoms with Crippen molar-refractivity contribution in [2.75, 3.05) is 45.2 Å². The minimum absolute atomic E-state index is 0.0400. The fourth-order valence-electron chi connectivity index (χ4n) is 10.4. The molecule has 0 saturated carbocycles. The molecule has 0 aliphatic heterocycles. The lowest BCUT2D eigenvalue weighted by Gasteiger charge is -2.29. The quantitative estimate of drug-likeness (QED) is 0.0116. The number of nitrogens with zero attached hydrogens (tertiary/aromatic N) is 2. The number of aliphatic hydroxyl groups excluding tert-OH is 5. The van der Waals surface area contributed by atoms with Crippen LogP contribution in [0.5, 0.6) is 0 Å². The smallest absolute Gasteiger partial charge is 0.328 e. The topological polar surface area (TPSA) is 879 Å². The van der Waals surface area contributed by atoms with Gasteiger partial charge in [0.25, 0.3) is 0 Å². The molecule has 0 spiro atoms. The van der Waals surface area contributed by atoms with E-state index < -0.39 is 285 Å². The molecule has 0 heterocycles. The van der Waals surface area contributed by atoms with Gasteiger partial charge in [-0.2, -0.15) is 12.6 Å². The number of nitrogens with two attached hydrogens (primary N) is 8. The van der Waals surface area contributed by atoms with Crippen LogP contribution in [0.1, 0.15) is 132 Å². The summed E-state index contributed by atoms with van der Waals surface area (Å²) in [4.78, 5) is 259. The Bertz CT molecular complexity index is 3530. The first-order chi connectivity index (χ1) is 55.6. The standard InChI is InChI=1S/C67H119N25O26S/c1-28(2)22-39(86-61(113)42(25-94)88-51(103)30(4)78-54(106)36(14-11-21-77-67(74)75)81-53(105)34(69)12-10-20-76-66(72)73)58(110)84-37(15-17-45(70)98)56(108)90-44(27-119)62(114)82-35(13-8-9-19-68)55(107)83-38(16-18-46(71)99)57(109)91-49(33(7)97)64(116)92-48(32(6)96)63(115)80-31(5)52(104)87-41(24-93)60(112)79-29(3)50(102)85-40(23-47(100)101)59(111)89-43(26-95)65(117)118/h28-44,48-49,93-97,119H,8-27,68-69H2,1-7H3,(H2,70,98)(H2,71,99)(H,78,106)(H,79,112)(H,80,115)(H,81,105)(H,82,114)(H,83,107)(H,84,110)(H,85,102)(H,86,113)(H,87,104)(H,88,103)(H,89,111)(H,90,108)(H,91,109)(H,92,116)(H,100,101)(H,117,118)(H4,72,73,76)(H4,74,75,77)/t29-,30-,31-,32+,33+,34-,35-,36-,37-,38-,39-,40-,41-,42-,43-,44-,48-,49-/m0/s1. The average Bonchev–Trinajstić information content (AvgIpc) is 0.856. The van der Waals surface area contributed by atoms with Crippen molar-refractivity contribution in [3.63, 3.8) is 0 Å². The summed E-state index contributed by atoms with van der Waals surface area (Å²) in [6, 6.07) is -27.4. The van der Waals surface area contributed by atoms with Crippen molar-refractivity contribution in [2.24, 2.45) is 61.8 Å². The predicted octanol–water partition coefficient (Wildman–Crippen LogP) is -15.3. The van der Waals surface area contributed by atoms with E-state index in [1.807, 2.05) is 10.6 Å². The van der Waals surface area contributed by atoms with Gasteiger partial charge >= 0.3 is 11.9 Å². The van der Waals surface area contributed by atoms with Crippen molar-refractivity contribution in [3.8, 4) is 0 Å². The summed E-state index contributed by atoms with van der Waals surface area (Å²) in [5, 5.41) is 103. The summed E-state index contributed by atoms with van der Waals surface area (Å²) < 4.78 is 0. The first-order valence-electron chi connectivity index (χ1n) is 37.5. The Balaban J connectivity index is 6.68. The molecule has 0 rings (SSSR count). The maximum atomic E-state index is 14.3. The molecule has 0 unspecified atom stereocenters. The Labute approximate surface area is 688 Å². The molecule has 17 amide bonds. The van der Waals surface area contributed by atoms with Gasteiger partial charge in [0.1, 0.15) is 90.6 Å². The number of amides is 17.